The number of para-hydroxylation sites is 1. The summed E-state index contributed by atoms with van der Waals surface area (Å²) < 4.78 is 5.61. The first-order valence-electron chi connectivity index (χ1n) is 6.57. The summed E-state index contributed by atoms with van der Waals surface area (Å²) in [7, 11) is 0. The van der Waals surface area contributed by atoms with E-state index in [1.807, 2.05) is 29.2 Å². The van der Waals surface area contributed by atoms with Gasteiger partial charge in [0, 0.05) is 31.7 Å². The predicted octanol–water partition coefficient (Wildman–Crippen LogP) is 1.41. The molecule has 1 saturated heterocycles. The smallest absolute Gasteiger partial charge is 0.230 e. The molecule has 0 radical (unpaired) electrons. The molecular formula is C14H19ClN2O2. The molecule has 1 fully saturated rings. The number of ether oxygens (including phenoxy) is 1. The lowest BCUT2D eigenvalue weighted by molar-refractivity contribution is -0.134. The maximum atomic E-state index is 12.6. The topological polar surface area (TPSA) is 41.6 Å². The molecule has 1 aromatic carbocycles. The lowest BCUT2D eigenvalue weighted by atomic mass is 9.91. The molecule has 2 heterocycles. The molecule has 2 aliphatic heterocycles. The number of benzene rings is 1. The van der Waals surface area contributed by atoms with Crippen LogP contribution in [-0.2, 0) is 4.79 Å². The quantitative estimate of drug-likeness (QED) is 0.847. The van der Waals surface area contributed by atoms with E-state index in [0.717, 1.165) is 43.9 Å². The van der Waals surface area contributed by atoms with Crippen LogP contribution in [0, 0.1) is 0 Å². The van der Waals surface area contributed by atoms with Crippen LogP contribution in [0.1, 0.15) is 17.9 Å². The third-order valence-electron chi connectivity index (χ3n) is 3.69. The Labute approximate surface area is 119 Å². The van der Waals surface area contributed by atoms with Crippen LogP contribution in [0.5, 0.6) is 5.75 Å². The van der Waals surface area contributed by atoms with Crippen molar-refractivity contribution in [3.05, 3.63) is 29.8 Å². The van der Waals surface area contributed by atoms with Gasteiger partial charge >= 0.3 is 0 Å². The fourth-order valence-corrected chi connectivity index (χ4v) is 2.70. The van der Waals surface area contributed by atoms with E-state index >= 15 is 0 Å². The van der Waals surface area contributed by atoms with Gasteiger partial charge in [-0.25, -0.2) is 0 Å². The molecule has 19 heavy (non-hydrogen) atoms. The molecule has 0 bridgehead atoms. The largest absolute Gasteiger partial charge is 0.493 e. The second kappa shape index (κ2) is 6.26. The average molecular weight is 283 g/mol. The minimum atomic E-state index is -0.0203. The van der Waals surface area contributed by atoms with E-state index in [4.69, 9.17) is 4.74 Å². The minimum Gasteiger partial charge on any atom is -0.493 e. The van der Waals surface area contributed by atoms with E-state index in [0.29, 0.717) is 6.61 Å². The lowest BCUT2D eigenvalue weighted by Gasteiger charge is -2.33. The SMILES string of the molecule is Cl.O=C(C1CCOc2ccccc21)N1CCNCC1. The molecule has 0 saturated carbocycles. The zero-order valence-corrected chi connectivity index (χ0v) is 11.6. The van der Waals surface area contributed by atoms with Gasteiger partial charge in [0.05, 0.1) is 12.5 Å². The Balaban J connectivity index is 0.00000133. The van der Waals surface area contributed by atoms with Crippen molar-refractivity contribution in [1.29, 1.82) is 0 Å². The highest BCUT2D eigenvalue weighted by atomic mass is 35.5. The van der Waals surface area contributed by atoms with E-state index in [9.17, 15) is 4.79 Å². The molecule has 4 nitrogen and oxygen atoms in total. The fraction of sp³-hybridized carbons (Fsp3) is 0.500. The molecule has 104 valence electrons. The molecule has 1 unspecified atom stereocenters. The molecule has 1 aromatic rings. The molecule has 1 N–H and O–H groups in total. The van der Waals surface area contributed by atoms with E-state index in [1.165, 1.54) is 0 Å². The highest BCUT2D eigenvalue weighted by Crippen LogP contribution is 2.34. The van der Waals surface area contributed by atoms with Crippen molar-refractivity contribution in [2.45, 2.75) is 12.3 Å². The Bertz CT molecular complexity index is 447. The normalized spacial score (nSPS) is 21.9. The zero-order chi connectivity index (χ0) is 12.4. The van der Waals surface area contributed by atoms with Crippen LogP contribution in [0.15, 0.2) is 24.3 Å². The van der Waals surface area contributed by atoms with Gasteiger partial charge in [0.1, 0.15) is 5.75 Å². The van der Waals surface area contributed by atoms with E-state index < -0.39 is 0 Å². The Morgan fingerprint density at radius 3 is 2.79 bits per heavy atom. The van der Waals surface area contributed by atoms with Crippen LogP contribution in [-0.4, -0.2) is 43.6 Å². The summed E-state index contributed by atoms with van der Waals surface area (Å²) in [6, 6.07) is 7.90. The van der Waals surface area contributed by atoms with E-state index in [1.54, 1.807) is 0 Å². The van der Waals surface area contributed by atoms with Crippen molar-refractivity contribution >= 4 is 18.3 Å². The van der Waals surface area contributed by atoms with Crippen molar-refractivity contribution in [3.63, 3.8) is 0 Å². The highest BCUT2D eigenvalue weighted by molar-refractivity contribution is 5.85. The number of halogens is 1. The number of piperazine rings is 1. The van der Waals surface area contributed by atoms with Gasteiger partial charge in [-0.05, 0) is 12.5 Å². The monoisotopic (exact) mass is 282 g/mol. The van der Waals surface area contributed by atoms with Crippen LogP contribution in [0.4, 0.5) is 0 Å². The molecule has 2 aliphatic rings. The third-order valence-corrected chi connectivity index (χ3v) is 3.69. The number of nitrogens with one attached hydrogen (secondary N) is 1. The second-order valence-electron chi connectivity index (χ2n) is 4.80. The highest BCUT2D eigenvalue weighted by Gasteiger charge is 2.31. The van der Waals surface area contributed by atoms with Crippen molar-refractivity contribution < 1.29 is 9.53 Å². The first-order chi connectivity index (χ1) is 8.86. The standard InChI is InChI=1S/C14H18N2O2.ClH/c17-14(16-8-6-15-7-9-16)12-5-10-18-13-4-2-1-3-11(12)13;/h1-4,12,15H,5-10H2;1H. The number of hydrogen-bond acceptors (Lipinski definition) is 3. The number of carbonyl (C=O) groups excluding carboxylic acids is 1. The van der Waals surface area contributed by atoms with Crippen LogP contribution >= 0.6 is 12.4 Å². The summed E-state index contributed by atoms with van der Waals surface area (Å²) in [5.74, 6) is 1.11. The second-order valence-corrected chi connectivity index (χ2v) is 4.80. The van der Waals surface area contributed by atoms with Gasteiger partial charge in [0.25, 0.3) is 0 Å². The van der Waals surface area contributed by atoms with Crippen LogP contribution in [0.2, 0.25) is 0 Å². The Morgan fingerprint density at radius 1 is 1.26 bits per heavy atom. The molecule has 1 amide bonds. The van der Waals surface area contributed by atoms with Gasteiger partial charge in [-0.3, -0.25) is 4.79 Å². The molecule has 0 aliphatic carbocycles. The van der Waals surface area contributed by atoms with Gasteiger partial charge in [-0.2, -0.15) is 0 Å². The number of fused-ring (bicyclic) bond motifs is 1. The van der Waals surface area contributed by atoms with Crippen molar-refractivity contribution in [1.82, 2.24) is 10.2 Å². The summed E-state index contributed by atoms with van der Waals surface area (Å²) in [6.07, 6.45) is 0.791. The fourth-order valence-electron chi connectivity index (χ4n) is 2.70. The van der Waals surface area contributed by atoms with Gasteiger partial charge in [-0.15, -0.1) is 12.4 Å². The summed E-state index contributed by atoms with van der Waals surface area (Å²) >= 11 is 0. The summed E-state index contributed by atoms with van der Waals surface area (Å²) in [5, 5.41) is 3.27. The molecule has 1 atom stereocenters. The maximum absolute atomic E-state index is 12.6. The predicted molar refractivity (Wildman–Crippen MR) is 76.0 cm³/mol. The van der Waals surface area contributed by atoms with Gasteiger partial charge in [-0.1, -0.05) is 18.2 Å². The Hall–Kier alpha value is -1.26. The van der Waals surface area contributed by atoms with E-state index in [-0.39, 0.29) is 24.2 Å². The van der Waals surface area contributed by atoms with E-state index in [2.05, 4.69) is 5.32 Å². The summed E-state index contributed by atoms with van der Waals surface area (Å²) in [4.78, 5) is 14.5. The lowest BCUT2D eigenvalue weighted by Crippen LogP contribution is -2.48. The molecule has 0 spiro atoms. The third kappa shape index (κ3) is 2.85. The van der Waals surface area contributed by atoms with Crippen LogP contribution in [0.25, 0.3) is 0 Å². The minimum absolute atomic E-state index is 0. The Morgan fingerprint density at radius 2 is 2.00 bits per heavy atom. The van der Waals surface area contributed by atoms with Crippen molar-refractivity contribution in [2.24, 2.45) is 0 Å². The average Bonchev–Trinajstić information content (AvgIpc) is 2.47. The number of nitrogens with zero attached hydrogens (tertiary/aromatic N) is 1. The van der Waals surface area contributed by atoms with Gasteiger partial charge in [0.15, 0.2) is 0 Å². The molecule has 0 aromatic heterocycles. The number of rotatable bonds is 1. The molecular weight excluding hydrogens is 264 g/mol. The van der Waals surface area contributed by atoms with Gasteiger partial charge in [0.2, 0.25) is 5.91 Å². The number of hydrogen-bond donors (Lipinski definition) is 1. The first-order valence-corrected chi connectivity index (χ1v) is 6.57. The first kappa shape index (κ1) is 14.2. The number of amides is 1. The summed E-state index contributed by atoms with van der Waals surface area (Å²) in [5.41, 5.74) is 1.05. The molecule has 5 heteroatoms. The van der Waals surface area contributed by atoms with Gasteiger partial charge < -0.3 is 15.0 Å². The maximum Gasteiger partial charge on any atom is 0.230 e. The van der Waals surface area contributed by atoms with Crippen LogP contribution in [0.3, 0.4) is 0 Å². The van der Waals surface area contributed by atoms with Crippen molar-refractivity contribution in [3.8, 4) is 5.75 Å². The zero-order valence-electron chi connectivity index (χ0n) is 10.8. The summed E-state index contributed by atoms with van der Waals surface area (Å²) in [6.45, 7) is 4.07. The molecule has 3 rings (SSSR count). The van der Waals surface area contributed by atoms with Crippen LogP contribution < -0.4 is 10.1 Å². The number of carbonyl (C=O) groups is 1. The Kier molecular flexibility index (Phi) is 4.66. The van der Waals surface area contributed by atoms with Crippen molar-refractivity contribution in [2.75, 3.05) is 32.8 Å².